The lowest BCUT2D eigenvalue weighted by molar-refractivity contribution is 0.310. The van der Waals surface area contributed by atoms with Gasteiger partial charge in [-0.2, -0.15) is 0 Å². The van der Waals surface area contributed by atoms with E-state index in [2.05, 4.69) is 73.7 Å². The fourth-order valence-corrected chi connectivity index (χ4v) is 5.69. The second kappa shape index (κ2) is 12.9. The summed E-state index contributed by atoms with van der Waals surface area (Å²) in [4.78, 5) is 0. The van der Waals surface area contributed by atoms with E-state index in [9.17, 15) is 4.39 Å². The topological polar surface area (TPSA) is 0 Å². The van der Waals surface area contributed by atoms with Crippen molar-refractivity contribution >= 4 is 0 Å². The summed E-state index contributed by atoms with van der Waals surface area (Å²) < 4.78 is 14.4. The van der Waals surface area contributed by atoms with Crippen LogP contribution in [0.25, 0.3) is 0 Å². The van der Waals surface area contributed by atoms with Gasteiger partial charge in [-0.25, -0.2) is 4.39 Å². The maximum Gasteiger partial charge on any atom is 0.126 e. The number of rotatable bonds is 10. The number of halogens is 1. The van der Waals surface area contributed by atoms with Crippen molar-refractivity contribution in [2.24, 2.45) is 5.92 Å². The normalized spacial score (nSPS) is 19.2. The van der Waals surface area contributed by atoms with Gasteiger partial charge in [0.25, 0.3) is 0 Å². The summed E-state index contributed by atoms with van der Waals surface area (Å²) in [5.41, 5.74) is 6.35. The molecule has 3 aromatic rings. The number of hydrogen-bond acceptors (Lipinski definition) is 0. The summed E-state index contributed by atoms with van der Waals surface area (Å²) in [7, 11) is 0. The van der Waals surface area contributed by atoms with E-state index >= 15 is 0 Å². The van der Waals surface area contributed by atoms with Crippen molar-refractivity contribution < 1.29 is 4.39 Å². The first kappa shape index (κ1) is 25.4. The summed E-state index contributed by atoms with van der Waals surface area (Å²) in [6.07, 6.45) is 14.2. The fraction of sp³-hybridized carbons (Fsp3) is 0.412. The molecular formula is C34H41F. The molecule has 0 radical (unpaired) electrons. The standard InChI is InChI=1S/C34H41F/c1-3-4-6-11-33-23-18-29(25-34(33)35)13-12-27-14-19-31(20-15-27)32-21-16-28(17-22-32)24-26(2)30-9-7-5-8-10-30/h3-5,7-10,16-18,21-23,25-27,31H,6,11-15,19-20,24H2,1-2H3/b4-3+. The quantitative estimate of drug-likeness (QED) is 0.260. The third-order valence-corrected chi connectivity index (χ3v) is 7.98. The SMILES string of the molecule is C/C=C/CCc1ccc(CCC2CCC(c3ccc(CC(C)c4ccccc4)cc3)CC2)cc1F. The van der Waals surface area contributed by atoms with Crippen LogP contribution >= 0.6 is 0 Å². The molecule has 1 saturated carbocycles. The second-order valence-corrected chi connectivity index (χ2v) is 10.5. The molecule has 0 nitrogen and oxygen atoms in total. The van der Waals surface area contributed by atoms with Crippen molar-refractivity contribution in [3.05, 3.63) is 119 Å². The molecule has 184 valence electrons. The van der Waals surface area contributed by atoms with Crippen molar-refractivity contribution in [2.45, 2.75) is 83.5 Å². The van der Waals surface area contributed by atoms with Gasteiger partial charge >= 0.3 is 0 Å². The smallest absolute Gasteiger partial charge is 0.126 e. The highest BCUT2D eigenvalue weighted by molar-refractivity contribution is 5.29. The van der Waals surface area contributed by atoms with Gasteiger partial charge in [-0.3, -0.25) is 0 Å². The average Bonchev–Trinajstić information content (AvgIpc) is 2.90. The van der Waals surface area contributed by atoms with E-state index < -0.39 is 0 Å². The van der Waals surface area contributed by atoms with Crippen molar-refractivity contribution in [2.75, 3.05) is 0 Å². The molecule has 0 amide bonds. The Kier molecular flexibility index (Phi) is 9.35. The largest absolute Gasteiger partial charge is 0.207 e. The summed E-state index contributed by atoms with van der Waals surface area (Å²) in [6, 6.07) is 26.2. The van der Waals surface area contributed by atoms with Gasteiger partial charge < -0.3 is 0 Å². The Labute approximate surface area is 212 Å². The molecule has 4 rings (SSSR count). The van der Waals surface area contributed by atoms with Gasteiger partial charge in [0.2, 0.25) is 0 Å². The molecule has 1 unspecified atom stereocenters. The highest BCUT2D eigenvalue weighted by Crippen LogP contribution is 2.38. The summed E-state index contributed by atoms with van der Waals surface area (Å²) >= 11 is 0. The Morgan fingerprint density at radius 3 is 2.26 bits per heavy atom. The minimum atomic E-state index is -0.0303. The van der Waals surface area contributed by atoms with E-state index in [0.29, 0.717) is 11.8 Å². The van der Waals surface area contributed by atoms with Crippen LogP contribution in [0.5, 0.6) is 0 Å². The van der Waals surface area contributed by atoms with E-state index in [1.165, 1.54) is 48.8 Å². The van der Waals surface area contributed by atoms with Crippen molar-refractivity contribution in [3.8, 4) is 0 Å². The van der Waals surface area contributed by atoms with Crippen LogP contribution in [0.3, 0.4) is 0 Å². The number of benzene rings is 3. The third-order valence-electron chi connectivity index (χ3n) is 7.98. The molecule has 1 aliphatic rings. The van der Waals surface area contributed by atoms with Crippen LogP contribution in [0.2, 0.25) is 0 Å². The Bertz CT molecular complexity index is 1060. The number of allylic oxidation sites excluding steroid dienone is 2. The lowest BCUT2D eigenvalue weighted by Crippen LogP contribution is -2.14. The van der Waals surface area contributed by atoms with Crippen molar-refractivity contribution in [3.63, 3.8) is 0 Å². The monoisotopic (exact) mass is 468 g/mol. The number of hydrogen-bond donors (Lipinski definition) is 0. The van der Waals surface area contributed by atoms with E-state index in [1.807, 2.05) is 19.1 Å². The minimum absolute atomic E-state index is 0.0303. The molecule has 0 bridgehead atoms. The second-order valence-electron chi connectivity index (χ2n) is 10.5. The minimum Gasteiger partial charge on any atom is -0.207 e. The number of aryl methyl sites for hydroxylation is 2. The molecule has 1 heteroatoms. The van der Waals surface area contributed by atoms with Crippen LogP contribution < -0.4 is 0 Å². The molecule has 0 saturated heterocycles. The first-order valence-electron chi connectivity index (χ1n) is 13.6. The van der Waals surface area contributed by atoms with Crippen LogP contribution in [0.15, 0.2) is 84.9 Å². The van der Waals surface area contributed by atoms with Gasteiger partial charge in [-0.05, 0) is 116 Å². The van der Waals surface area contributed by atoms with E-state index in [-0.39, 0.29) is 5.82 Å². The third kappa shape index (κ3) is 7.40. The lowest BCUT2D eigenvalue weighted by atomic mass is 9.76. The molecule has 35 heavy (non-hydrogen) atoms. The average molecular weight is 469 g/mol. The van der Waals surface area contributed by atoms with Gasteiger partial charge in [-0.1, -0.05) is 85.8 Å². The van der Waals surface area contributed by atoms with Crippen LogP contribution in [0.1, 0.15) is 92.0 Å². The molecular weight excluding hydrogens is 427 g/mol. The molecule has 3 aromatic carbocycles. The zero-order chi connectivity index (χ0) is 24.5. The zero-order valence-electron chi connectivity index (χ0n) is 21.6. The molecule has 1 fully saturated rings. The van der Waals surface area contributed by atoms with E-state index in [0.717, 1.165) is 42.7 Å². The van der Waals surface area contributed by atoms with Crippen LogP contribution in [-0.2, 0) is 19.3 Å². The molecule has 0 spiro atoms. The molecule has 1 aliphatic carbocycles. The summed E-state index contributed by atoms with van der Waals surface area (Å²) in [5, 5.41) is 0. The van der Waals surface area contributed by atoms with Crippen molar-refractivity contribution in [1.29, 1.82) is 0 Å². The molecule has 1 atom stereocenters. The zero-order valence-corrected chi connectivity index (χ0v) is 21.6. The first-order valence-corrected chi connectivity index (χ1v) is 13.6. The first-order chi connectivity index (χ1) is 17.1. The predicted octanol–water partition coefficient (Wildman–Crippen LogP) is 9.59. The van der Waals surface area contributed by atoms with Gasteiger partial charge in [0, 0.05) is 0 Å². The van der Waals surface area contributed by atoms with Crippen LogP contribution in [0.4, 0.5) is 4.39 Å². The Hall–Kier alpha value is -2.67. The maximum absolute atomic E-state index is 14.4. The van der Waals surface area contributed by atoms with Crippen LogP contribution in [-0.4, -0.2) is 0 Å². The highest BCUT2D eigenvalue weighted by Gasteiger charge is 2.22. The predicted molar refractivity (Wildman–Crippen MR) is 148 cm³/mol. The van der Waals surface area contributed by atoms with E-state index in [4.69, 9.17) is 0 Å². The Morgan fingerprint density at radius 1 is 0.857 bits per heavy atom. The van der Waals surface area contributed by atoms with Gasteiger partial charge in [0.1, 0.15) is 5.82 Å². The summed E-state index contributed by atoms with van der Waals surface area (Å²) in [5.74, 6) is 1.98. The maximum atomic E-state index is 14.4. The highest BCUT2D eigenvalue weighted by atomic mass is 19.1. The molecule has 0 N–H and O–H groups in total. The van der Waals surface area contributed by atoms with Gasteiger partial charge in [0.05, 0.1) is 0 Å². The molecule has 0 aliphatic heterocycles. The van der Waals surface area contributed by atoms with Gasteiger partial charge in [-0.15, -0.1) is 0 Å². The van der Waals surface area contributed by atoms with Crippen LogP contribution in [0, 0.1) is 11.7 Å². The Balaban J connectivity index is 1.22. The van der Waals surface area contributed by atoms with Gasteiger partial charge in [0.15, 0.2) is 0 Å². The molecule has 0 aromatic heterocycles. The van der Waals surface area contributed by atoms with E-state index in [1.54, 1.807) is 6.07 Å². The Morgan fingerprint density at radius 2 is 1.57 bits per heavy atom. The fourth-order valence-electron chi connectivity index (χ4n) is 5.69. The summed E-state index contributed by atoms with van der Waals surface area (Å²) in [6.45, 7) is 4.33. The lowest BCUT2D eigenvalue weighted by Gasteiger charge is -2.29. The van der Waals surface area contributed by atoms with Crippen molar-refractivity contribution in [1.82, 2.24) is 0 Å². The molecule has 0 heterocycles.